The molecule has 0 atom stereocenters. The number of nitrogens with zero attached hydrogens (tertiary/aromatic N) is 4. The van der Waals surface area contributed by atoms with Gasteiger partial charge in [0.1, 0.15) is 5.75 Å². The van der Waals surface area contributed by atoms with Crippen LogP contribution in [-0.4, -0.2) is 51.5 Å². The van der Waals surface area contributed by atoms with Crippen LogP contribution >= 0.6 is 23.1 Å². The molecule has 4 aromatic rings. The Morgan fingerprint density at radius 1 is 1.03 bits per heavy atom. The molecule has 1 saturated heterocycles. The molecule has 0 N–H and O–H groups in total. The Balaban J connectivity index is 1.26. The van der Waals surface area contributed by atoms with Gasteiger partial charge in [-0.1, -0.05) is 60.3 Å². The molecule has 180 valence electrons. The second-order valence-electron chi connectivity index (χ2n) is 8.59. The van der Waals surface area contributed by atoms with Gasteiger partial charge in [-0.05, 0) is 54.3 Å². The van der Waals surface area contributed by atoms with E-state index in [1.54, 1.807) is 18.4 Å². The van der Waals surface area contributed by atoms with Gasteiger partial charge in [-0.25, -0.2) is 0 Å². The van der Waals surface area contributed by atoms with Crippen molar-refractivity contribution in [2.24, 2.45) is 5.92 Å². The van der Waals surface area contributed by atoms with Gasteiger partial charge < -0.3 is 9.64 Å². The smallest absolute Gasteiger partial charge is 0.233 e. The molecule has 0 radical (unpaired) electrons. The van der Waals surface area contributed by atoms with Crippen LogP contribution in [-0.2, 0) is 11.2 Å². The van der Waals surface area contributed by atoms with Crippen LogP contribution in [0, 0.1) is 5.92 Å². The van der Waals surface area contributed by atoms with Gasteiger partial charge >= 0.3 is 0 Å². The van der Waals surface area contributed by atoms with Gasteiger partial charge in [0.2, 0.25) is 5.91 Å². The zero-order valence-corrected chi connectivity index (χ0v) is 21.3. The van der Waals surface area contributed by atoms with Gasteiger partial charge in [0.15, 0.2) is 11.0 Å². The number of hydrogen-bond acceptors (Lipinski definition) is 6. The first kappa shape index (κ1) is 23.6. The Bertz CT molecular complexity index is 1250. The second kappa shape index (κ2) is 11.1. The molecule has 8 heteroatoms. The van der Waals surface area contributed by atoms with Crippen molar-refractivity contribution in [3.05, 3.63) is 77.7 Å². The summed E-state index contributed by atoms with van der Waals surface area (Å²) in [5.74, 6) is 2.61. The molecular weight excluding hydrogens is 476 g/mol. The summed E-state index contributed by atoms with van der Waals surface area (Å²) >= 11 is 3.04. The Hall–Kier alpha value is -3.10. The number of likely N-dealkylation sites (tertiary alicyclic amines) is 1. The highest BCUT2D eigenvalue weighted by Gasteiger charge is 2.25. The molecule has 6 nitrogen and oxygen atoms in total. The van der Waals surface area contributed by atoms with Gasteiger partial charge in [0.25, 0.3) is 0 Å². The number of methoxy groups -OCH3 is 1. The largest absolute Gasteiger partial charge is 0.495 e. The standard InChI is InChI=1S/C27H28N4O2S2/c1-33-23-11-6-5-10-22(23)31-26(24-12-7-17-34-24)28-29-27(31)35-19-25(32)30-15-13-21(14-16-30)18-20-8-3-2-4-9-20/h2-12,17,21H,13-16,18-19H2,1H3. The third kappa shape index (κ3) is 5.44. The number of ether oxygens (including phenoxy) is 1. The van der Waals surface area contributed by atoms with Crippen molar-refractivity contribution in [3.63, 3.8) is 0 Å². The van der Waals surface area contributed by atoms with Crippen molar-refractivity contribution in [1.82, 2.24) is 19.7 Å². The summed E-state index contributed by atoms with van der Waals surface area (Å²) in [6, 6.07) is 22.5. The lowest BCUT2D eigenvalue weighted by Gasteiger charge is -2.32. The van der Waals surface area contributed by atoms with Crippen LogP contribution in [0.1, 0.15) is 18.4 Å². The molecule has 3 heterocycles. The van der Waals surface area contributed by atoms with E-state index >= 15 is 0 Å². The number of hydrogen-bond donors (Lipinski definition) is 0. The summed E-state index contributed by atoms with van der Waals surface area (Å²) in [7, 11) is 1.66. The van der Waals surface area contributed by atoms with Gasteiger partial charge in [-0.3, -0.25) is 9.36 Å². The minimum atomic E-state index is 0.153. The van der Waals surface area contributed by atoms with E-state index in [2.05, 4.69) is 40.5 Å². The lowest BCUT2D eigenvalue weighted by Crippen LogP contribution is -2.39. The molecule has 0 unspecified atom stereocenters. The molecule has 5 rings (SSSR count). The molecule has 1 aliphatic rings. The van der Waals surface area contributed by atoms with Crippen molar-refractivity contribution in [1.29, 1.82) is 0 Å². The zero-order valence-electron chi connectivity index (χ0n) is 19.7. The lowest BCUT2D eigenvalue weighted by atomic mass is 9.90. The topological polar surface area (TPSA) is 60.2 Å². The molecule has 1 aliphatic heterocycles. The normalized spacial score (nSPS) is 14.3. The van der Waals surface area contributed by atoms with E-state index in [-0.39, 0.29) is 5.91 Å². The van der Waals surface area contributed by atoms with Gasteiger partial charge in [-0.15, -0.1) is 21.5 Å². The molecular formula is C27H28N4O2S2. The summed E-state index contributed by atoms with van der Waals surface area (Å²) in [4.78, 5) is 16.1. The molecule has 2 aromatic carbocycles. The fraction of sp³-hybridized carbons (Fsp3) is 0.296. The second-order valence-corrected chi connectivity index (χ2v) is 10.5. The third-order valence-corrected chi connectivity index (χ3v) is 8.14. The van der Waals surface area contributed by atoms with Crippen LogP contribution in [0.5, 0.6) is 5.75 Å². The number of piperidine rings is 1. The average molecular weight is 505 g/mol. The molecule has 0 bridgehead atoms. The lowest BCUT2D eigenvalue weighted by molar-refractivity contribution is -0.129. The van der Waals surface area contributed by atoms with Gasteiger partial charge in [-0.2, -0.15) is 0 Å². The first-order valence-electron chi connectivity index (χ1n) is 11.8. The molecule has 2 aromatic heterocycles. The fourth-order valence-corrected chi connectivity index (χ4v) is 6.06. The number of aromatic nitrogens is 3. The Morgan fingerprint density at radius 3 is 2.54 bits per heavy atom. The van der Waals surface area contributed by atoms with Crippen LogP contribution in [0.4, 0.5) is 0 Å². The van der Waals surface area contributed by atoms with Crippen LogP contribution in [0.2, 0.25) is 0 Å². The van der Waals surface area contributed by atoms with E-state index in [1.165, 1.54) is 17.3 Å². The number of thioether (sulfide) groups is 1. The highest BCUT2D eigenvalue weighted by Crippen LogP contribution is 2.34. The summed E-state index contributed by atoms with van der Waals surface area (Å²) in [5, 5.41) is 11.6. The predicted octanol–water partition coefficient (Wildman–Crippen LogP) is 5.58. The Kier molecular flexibility index (Phi) is 7.49. The van der Waals surface area contributed by atoms with E-state index in [4.69, 9.17) is 4.74 Å². The SMILES string of the molecule is COc1ccccc1-n1c(SCC(=O)N2CCC(Cc3ccccc3)CC2)nnc1-c1cccs1. The van der Waals surface area contributed by atoms with E-state index in [0.29, 0.717) is 16.8 Å². The van der Waals surface area contributed by atoms with Crippen molar-refractivity contribution >= 4 is 29.0 Å². The minimum Gasteiger partial charge on any atom is -0.495 e. The predicted molar refractivity (Wildman–Crippen MR) is 141 cm³/mol. The number of rotatable bonds is 8. The molecule has 0 spiro atoms. The maximum absolute atomic E-state index is 13.1. The molecule has 0 aliphatic carbocycles. The molecule has 1 fully saturated rings. The number of carbonyl (C=O) groups excluding carboxylic acids is 1. The van der Waals surface area contributed by atoms with Crippen LogP contribution in [0.15, 0.2) is 77.3 Å². The third-order valence-electron chi connectivity index (χ3n) is 6.36. The summed E-state index contributed by atoms with van der Waals surface area (Å²) in [6.45, 7) is 1.63. The van der Waals surface area contributed by atoms with Crippen molar-refractivity contribution < 1.29 is 9.53 Å². The summed E-state index contributed by atoms with van der Waals surface area (Å²) < 4.78 is 7.61. The number of amides is 1. The van der Waals surface area contributed by atoms with Crippen LogP contribution in [0.3, 0.4) is 0 Å². The minimum absolute atomic E-state index is 0.153. The average Bonchev–Trinajstić information content (AvgIpc) is 3.58. The van der Waals surface area contributed by atoms with Crippen molar-refractivity contribution in [2.75, 3.05) is 26.0 Å². The highest BCUT2D eigenvalue weighted by molar-refractivity contribution is 7.99. The maximum atomic E-state index is 13.1. The fourth-order valence-electron chi connectivity index (χ4n) is 4.51. The molecule has 0 saturated carbocycles. The number of para-hydroxylation sites is 2. The van der Waals surface area contributed by atoms with E-state index in [9.17, 15) is 4.79 Å². The Labute approximate surface area is 214 Å². The zero-order chi connectivity index (χ0) is 24.0. The first-order chi connectivity index (χ1) is 17.2. The molecule has 1 amide bonds. The molecule has 35 heavy (non-hydrogen) atoms. The summed E-state index contributed by atoms with van der Waals surface area (Å²) in [6.07, 6.45) is 3.18. The number of benzene rings is 2. The maximum Gasteiger partial charge on any atom is 0.233 e. The van der Waals surface area contributed by atoms with Crippen molar-refractivity contribution in [2.45, 2.75) is 24.4 Å². The van der Waals surface area contributed by atoms with E-state index in [0.717, 1.165) is 54.5 Å². The van der Waals surface area contributed by atoms with E-state index < -0.39 is 0 Å². The number of thiophene rings is 1. The van der Waals surface area contributed by atoms with Crippen LogP contribution in [0.25, 0.3) is 16.4 Å². The highest BCUT2D eigenvalue weighted by atomic mass is 32.2. The van der Waals surface area contributed by atoms with Gasteiger partial charge in [0.05, 0.1) is 23.4 Å². The quantitative estimate of drug-likeness (QED) is 0.293. The first-order valence-corrected chi connectivity index (χ1v) is 13.7. The summed E-state index contributed by atoms with van der Waals surface area (Å²) in [5.41, 5.74) is 2.24. The van der Waals surface area contributed by atoms with Gasteiger partial charge in [0, 0.05) is 13.1 Å². The number of carbonyl (C=O) groups is 1. The van der Waals surface area contributed by atoms with Crippen molar-refractivity contribution in [3.8, 4) is 22.1 Å². The van der Waals surface area contributed by atoms with Crippen LogP contribution < -0.4 is 4.74 Å². The Morgan fingerprint density at radius 2 is 1.80 bits per heavy atom. The monoisotopic (exact) mass is 504 g/mol. The van der Waals surface area contributed by atoms with E-state index in [1.807, 2.05) is 51.2 Å².